The van der Waals surface area contributed by atoms with Gasteiger partial charge >= 0.3 is 5.97 Å². The van der Waals surface area contributed by atoms with Crippen molar-refractivity contribution in [3.63, 3.8) is 0 Å². The minimum absolute atomic E-state index is 0.0472. The molecule has 2 N–H and O–H groups in total. The summed E-state index contributed by atoms with van der Waals surface area (Å²) in [6.07, 6.45) is 0.0472. The molecule has 5 nitrogen and oxygen atoms in total. The van der Waals surface area contributed by atoms with E-state index in [9.17, 15) is 9.59 Å². The fourth-order valence-electron chi connectivity index (χ4n) is 1.80. The summed E-state index contributed by atoms with van der Waals surface area (Å²) >= 11 is 1.53. The van der Waals surface area contributed by atoms with Crippen LogP contribution in [0.4, 0.5) is 0 Å². The lowest BCUT2D eigenvalue weighted by Crippen LogP contribution is -2.25. The molecule has 0 spiro atoms. The summed E-state index contributed by atoms with van der Waals surface area (Å²) < 4.78 is 0. The van der Waals surface area contributed by atoms with E-state index in [1.807, 2.05) is 12.3 Å². The Balaban J connectivity index is 1.96. The zero-order chi connectivity index (χ0) is 14.5. The Kier molecular flexibility index (Phi) is 4.47. The molecule has 0 fully saturated rings. The molecule has 0 saturated carbocycles. The SMILES string of the molecule is Cc1nc(CNC(=O)Cc2ccccc2C(=O)O)cs1. The van der Waals surface area contributed by atoms with Gasteiger partial charge in [-0.2, -0.15) is 0 Å². The monoisotopic (exact) mass is 290 g/mol. The average molecular weight is 290 g/mol. The smallest absolute Gasteiger partial charge is 0.335 e. The van der Waals surface area contributed by atoms with Crippen molar-refractivity contribution in [2.75, 3.05) is 0 Å². The van der Waals surface area contributed by atoms with Crippen LogP contribution in [-0.4, -0.2) is 22.0 Å². The fraction of sp³-hybridized carbons (Fsp3) is 0.214. The predicted molar refractivity (Wildman–Crippen MR) is 75.8 cm³/mol. The number of hydrogen-bond acceptors (Lipinski definition) is 4. The Labute approximate surface area is 120 Å². The summed E-state index contributed by atoms with van der Waals surface area (Å²) in [4.78, 5) is 27.1. The van der Waals surface area contributed by atoms with Gasteiger partial charge in [0.05, 0.1) is 29.2 Å². The number of aromatic nitrogens is 1. The molecule has 20 heavy (non-hydrogen) atoms. The van der Waals surface area contributed by atoms with Crippen molar-refractivity contribution in [3.8, 4) is 0 Å². The van der Waals surface area contributed by atoms with Gasteiger partial charge in [0.25, 0.3) is 0 Å². The largest absolute Gasteiger partial charge is 0.478 e. The van der Waals surface area contributed by atoms with Gasteiger partial charge in [-0.3, -0.25) is 4.79 Å². The van der Waals surface area contributed by atoms with Crippen molar-refractivity contribution in [2.45, 2.75) is 19.9 Å². The summed E-state index contributed by atoms with van der Waals surface area (Å²) in [6.45, 7) is 2.26. The Morgan fingerprint density at radius 2 is 2.10 bits per heavy atom. The standard InChI is InChI=1S/C14H14N2O3S/c1-9-16-11(8-20-9)7-15-13(17)6-10-4-2-3-5-12(10)14(18)19/h2-5,8H,6-7H2,1H3,(H,15,17)(H,18,19). The molecular formula is C14H14N2O3S. The van der Waals surface area contributed by atoms with E-state index in [0.717, 1.165) is 10.7 Å². The highest BCUT2D eigenvalue weighted by Crippen LogP contribution is 2.10. The Morgan fingerprint density at radius 1 is 1.35 bits per heavy atom. The van der Waals surface area contributed by atoms with Gasteiger partial charge in [0.15, 0.2) is 0 Å². The molecule has 1 aromatic heterocycles. The van der Waals surface area contributed by atoms with Crippen LogP contribution < -0.4 is 5.32 Å². The normalized spacial score (nSPS) is 10.2. The van der Waals surface area contributed by atoms with Crippen LogP contribution in [0.25, 0.3) is 0 Å². The van der Waals surface area contributed by atoms with Crippen molar-refractivity contribution >= 4 is 23.2 Å². The number of aryl methyl sites for hydroxylation is 1. The van der Waals surface area contributed by atoms with Gasteiger partial charge in [0.1, 0.15) is 0 Å². The molecule has 6 heteroatoms. The first-order valence-corrected chi connectivity index (χ1v) is 6.93. The summed E-state index contributed by atoms with van der Waals surface area (Å²) in [6, 6.07) is 6.51. The number of rotatable bonds is 5. The number of carbonyl (C=O) groups is 2. The minimum Gasteiger partial charge on any atom is -0.478 e. The molecule has 2 aromatic rings. The molecule has 0 bridgehead atoms. The molecule has 2 rings (SSSR count). The van der Waals surface area contributed by atoms with E-state index in [1.54, 1.807) is 18.2 Å². The van der Waals surface area contributed by atoms with Crippen LogP contribution in [-0.2, 0) is 17.8 Å². The summed E-state index contributed by atoms with van der Waals surface area (Å²) in [7, 11) is 0. The van der Waals surface area contributed by atoms with Gasteiger partial charge in [0, 0.05) is 5.38 Å². The average Bonchev–Trinajstić information content (AvgIpc) is 2.83. The number of amides is 1. The van der Waals surface area contributed by atoms with Gasteiger partial charge in [-0.15, -0.1) is 11.3 Å². The molecule has 0 aliphatic carbocycles. The van der Waals surface area contributed by atoms with Crippen LogP contribution in [0.3, 0.4) is 0 Å². The van der Waals surface area contributed by atoms with Crippen molar-refractivity contribution in [3.05, 3.63) is 51.5 Å². The number of carboxylic acids is 1. The molecule has 0 unspecified atom stereocenters. The third kappa shape index (κ3) is 3.64. The van der Waals surface area contributed by atoms with E-state index >= 15 is 0 Å². The molecule has 0 saturated heterocycles. The van der Waals surface area contributed by atoms with Gasteiger partial charge < -0.3 is 10.4 Å². The Bertz CT molecular complexity index is 637. The summed E-state index contributed by atoms with van der Waals surface area (Å²) in [5.41, 5.74) is 1.48. The van der Waals surface area contributed by atoms with Gasteiger partial charge in [0.2, 0.25) is 5.91 Å². The number of carboxylic acid groups (broad SMARTS) is 1. The first-order chi connectivity index (χ1) is 9.56. The third-order valence-electron chi connectivity index (χ3n) is 2.73. The molecule has 0 aliphatic heterocycles. The molecule has 1 heterocycles. The second-order valence-corrected chi connectivity index (χ2v) is 5.34. The molecule has 104 valence electrons. The van der Waals surface area contributed by atoms with Gasteiger partial charge in [-0.1, -0.05) is 18.2 Å². The summed E-state index contributed by atoms with van der Waals surface area (Å²) in [5, 5.41) is 14.6. The topological polar surface area (TPSA) is 79.3 Å². The molecule has 1 amide bonds. The maximum Gasteiger partial charge on any atom is 0.335 e. The highest BCUT2D eigenvalue weighted by atomic mass is 32.1. The lowest BCUT2D eigenvalue weighted by Gasteiger charge is -2.06. The van der Waals surface area contributed by atoms with E-state index < -0.39 is 5.97 Å². The highest BCUT2D eigenvalue weighted by Gasteiger charge is 2.12. The van der Waals surface area contributed by atoms with Crippen LogP contribution >= 0.6 is 11.3 Å². The van der Waals surface area contributed by atoms with Crippen LogP contribution in [0.15, 0.2) is 29.6 Å². The maximum atomic E-state index is 11.8. The minimum atomic E-state index is -1.02. The van der Waals surface area contributed by atoms with E-state index in [2.05, 4.69) is 10.3 Å². The zero-order valence-electron chi connectivity index (χ0n) is 10.9. The van der Waals surface area contributed by atoms with Crippen molar-refractivity contribution < 1.29 is 14.7 Å². The fourth-order valence-corrected chi connectivity index (χ4v) is 2.41. The number of benzene rings is 1. The van der Waals surface area contributed by atoms with E-state index in [-0.39, 0.29) is 17.9 Å². The lowest BCUT2D eigenvalue weighted by molar-refractivity contribution is -0.120. The van der Waals surface area contributed by atoms with Gasteiger partial charge in [-0.05, 0) is 18.6 Å². The number of aromatic carboxylic acids is 1. The molecule has 0 aliphatic rings. The predicted octanol–water partition coefficient (Wildman–Crippen LogP) is 2.01. The van der Waals surface area contributed by atoms with Crippen LogP contribution in [0, 0.1) is 6.92 Å². The van der Waals surface area contributed by atoms with Crippen LogP contribution in [0.1, 0.15) is 26.6 Å². The number of hydrogen-bond donors (Lipinski definition) is 2. The first-order valence-electron chi connectivity index (χ1n) is 6.05. The Hall–Kier alpha value is -2.21. The van der Waals surface area contributed by atoms with Crippen LogP contribution in [0.5, 0.6) is 0 Å². The number of thiazole rings is 1. The quantitative estimate of drug-likeness (QED) is 0.883. The third-order valence-corrected chi connectivity index (χ3v) is 3.55. The van der Waals surface area contributed by atoms with Crippen molar-refractivity contribution in [1.82, 2.24) is 10.3 Å². The second kappa shape index (κ2) is 6.29. The second-order valence-electron chi connectivity index (χ2n) is 4.27. The summed E-state index contributed by atoms with van der Waals surface area (Å²) in [5.74, 6) is -1.24. The molecule has 0 atom stereocenters. The van der Waals surface area contributed by atoms with E-state index in [0.29, 0.717) is 12.1 Å². The maximum absolute atomic E-state index is 11.8. The van der Waals surface area contributed by atoms with E-state index in [4.69, 9.17) is 5.11 Å². The van der Waals surface area contributed by atoms with E-state index in [1.165, 1.54) is 17.4 Å². The molecule has 1 aromatic carbocycles. The van der Waals surface area contributed by atoms with Gasteiger partial charge in [-0.25, -0.2) is 9.78 Å². The van der Waals surface area contributed by atoms with Crippen LogP contribution in [0.2, 0.25) is 0 Å². The highest BCUT2D eigenvalue weighted by molar-refractivity contribution is 7.09. The van der Waals surface area contributed by atoms with Crippen molar-refractivity contribution in [2.24, 2.45) is 0 Å². The molecular weight excluding hydrogens is 276 g/mol. The first kappa shape index (κ1) is 14.2. The molecule has 0 radical (unpaired) electrons. The lowest BCUT2D eigenvalue weighted by atomic mass is 10.0. The number of nitrogens with zero attached hydrogens (tertiary/aromatic N) is 1. The Morgan fingerprint density at radius 3 is 2.75 bits per heavy atom. The zero-order valence-corrected chi connectivity index (χ0v) is 11.7. The number of carbonyl (C=O) groups excluding carboxylic acids is 1. The number of nitrogens with one attached hydrogen (secondary N) is 1. The van der Waals surface area contributed by atoms with Crippen molar-refractivity contribution in [1.29, 1.82) is 0 Å².